The number of nitrogens with zero attached hydrogens (tertiary/aromatic N) is 2. The molecule has 0 bridgehead atoms. The van der Waals surface area contributed by atoms with Crippen molar-refractivity contribution in [2.45, 2.75) is 51.8 Å². The molecular weight excluding hydrogens is 278 g/mol. The topological polar surface area (TPSA) is 56.2 Å². The van der Waals surface area contributed by atoms with Crippen LogP contribution in [0.15, 0.2) is 24.3 Å². The maximum atomic E-state index is 12.4. The number of hydrogen-bond donors (Lipinski definition) is 1. The standard InChI is InChI=1S/C17H23N3O2/c1-3-20-15-9-5-4-8-13(15)14(19-20)12-18-16(21)17(2)10-6-7-11-22-17/h4-5,8-9H,3,6-7,10-12H2,1-2H3,(H,18,21). The summed E-state index contributed by atoms with van der Waals surface area (Å²) in [6.07, 6.45) is 2.86. The Morgan fingerprint density at radius 2 is 2.23 bits per heavy atom. The van der Waals surface area contributed by atoms with Crippen molar-refractivity contribution >= 4 is 16.8 Å². The van der Waals surface area contributed by atoms with Crippen LogP contribution in [0.2, 0.25) is 0 Å². The summed E-state index contributed by atoms with van der Waals surface area (Å²) in [6.45, 7) is 5.86. The molecule has 1 N–H and O–H groups in total. The number of rotatable bonds is 4. The molecule has 1 atom stereocenters. The fourth-order valence-electron chi connectivity index (χ4n) is 3.03. The molecule has 1 aromatic heterocycles. The second-order valence-electron chi connectivity index (χ2n) is 6.00. The molecule has 2 aromatic rings. The summed E-state index contributed by atoms with van der Waals surface area (Å²) in [5.41, 5.74) is 1.32. The van der Waals surface area contributed by atoms with Gasteiger partial charge < -0.3 is 10.1 Å². The van der Waals surface area contributed by atoms with Gasteiger partial charge >= 0.3 is 0 Å². The Kier molecular flexibility index (Phi) is 4.16. The van der Waals surface area contributed by atoms with E-state index < -0.39 is 5.60 Å². The minimum atomic E-state index is -0.693. The van der Waals surface area contributed by atoms with E-state index in [2.05, 4.69) is 29.5 Å². The molecule has 22 heavy (non-hydrogen) atoms. The van der Waals surface area contributed by atoms with Crippen molar-refractivity contribution in [3.63, 3.8) is 0 Å². The SMILES string of the molecule is CCn1nc(CNC(=O)C2(C)CCCCO2)c2ccccc21. The molecule has 1 unspecified atom stereocenters. The van der Waals surface area contributed by atoms with Crippen molar-refractivity contribution in [3.05, 3.63) is 30.0 Å². The molecular formula is C17H23N3O2. The zero-order chi connectivity index (χ0) is 15.6. The molecule has 0 aliphatic carbocycles. The smallest absolute Gasteiger partial charge is 0.252 e. The number of nitrogens with one attached hydrogen (secondary N) is 1. The number of carbonyl (C=O) groups is 1. The van der Waals surface area contributed by atoms with Crippen LogP contribution in [0.3, 0.4) is 0 Å². The van der Waals surface area contributed by atoms with Crippen molar-refractivity contribution < 1.29 is 9.53 Å². The van der Waals surface area contributed by atoms with E-state index in [0.29, 0.717) is 13.2 Å². The molecule has 1 aliphatic heterocycles. The van der Waals surface area contributed by atoms with Gasteiger partial charge in [-0.15, -0.1) is 0 Å². The van der Waals surface area contributed by atoms with Gasteiger partial charge in [-0.2, -0.15) is 5.10 Å². The van der Waals surface area contributed by atoms with Gasteiger partial charge in [0, 0.05) is 18.5 Å². The first-order valence-electron chi connectivity index (χ1n) is 8.01. The Morgan fingerprint density at radius 3 is 2.95 bits per heavy atom. The summed E-state index contributed by atoms with van der Waals surface area (Å²) >= 11 is 0. The van der Waals surface area contributed by atoms with Crippen LogP contribution in [-0.2, 0) is 22.6 Å². The van der Waals surface area contributed by atoms with Crippen LogP contribution < -0.4 is 5.32 Å². The van der Waals surface area contributed by atoms with E-state index >= 15 is 0 Å². The highest BCUT2D eigenvalue weighted by molar-refractivity contribution is 5.86. The number of hydrogen-bond acceptors (Lipinski definition) is 3. The maximum absolute atomic E-state index is 12.4. The lowest BCUT2D eigenvalue weighted by molar-refractivity contribution is -0.150. The summed E-state index contributed by atoms with van der Waals surface area (Å²) in [6, 6.07) is 8.12. The Balaban J connectivity index is 1.75. The second kappa shape index (κ2) is 6.08. The fraction of sp³-hybridized carbons (Fsp3) is 0.529. The fourth-order valence-corrected chi connectivity index (χ4v) is 3.03. The molecule has 0 radical (unpaired) electrons. The van der Waals surface area contributed by atoms with Crippen molar-refractivity contribution in [3.8, 4) is 0 Å². The van der Waals surface area contributed by atoms with Crippen molar-refractivity contribution in [1.29, 1.82) is 0 Å². The number of amides is 1. The number of aryl methyl sites for hydroxylation is 1. The third-order valence-electron chi connectivity index (χ3n) is 4.40. The summed E-state index contributed by atoms with van der Waals surface area (Å²) < 4.78 is 7.66. The van der Waals surface area contributed by atoms with Crippen LogP contribution >= 0.6 is 0 Å². The van der Waals surface area contributed by atoms with E-state index in [1.165, 1.54) is 0 Å². The highest BCUT2D eigenvalue weighted by Crippen LogP contribution is 2.25. The van der Waals surface area contributed by atoms with Gasteiger partial charge in [-0.25, -0.2) is 0 Å². The van der Waals surface area contributed by atoms with Gasteiger partial charge in [-0.3, -0.25) is 9.48 Å². The summed E-state index contributed by atoms with van der Waals surface area (Å²) in [7, 11) is 0. The first kappa shape index (κ1) is 15.0. The van der Waals surface area contributed by atoms with Crippen molar-refractivity contribution in [1.82, 2.24) is 15.1 Å². The van der Waals surface area contributed by atoms with Crippen LogP contribution in [-0.4, -0.2) is 27.9 Å². The zero-order valence-electron chi connectivity index (χ0n) is 13.3. The van der Waals surface area contributed by atoms with E-state index in [-0.39, 0.29) is 5.91 Å². The average molecular weight is 301 g/mol. The van der Waals surface area contributed by atoms with Gasteiger partial charge in [0.25, 0.3) is 5.91 Å². The molecule has 0 spiro atoms. The molecule has 5 nitrogen and oxygen atoms in total. The van der Waals surface area contributed by atoms with Crippen LogP contribution in [0, 0.1) is 0 Å². The van der Waals surface area contributed by atoms with E-state index in [9.17, 15) is 4.79 Å². The van der Waals surface area contributed by atoms with Crippen LogP contribution in [0.4, 0.5) is 0 Å². The minimum absolute atomic E-state index is 0.0395. The van der Waals surface area contributed by atoms with Gasteiger partial charge in [0.1, 0.15) is 5.60 Å². The molecule has 1 fully saturated rings. The normalized spacial score (nSPS) is 21.9. The quantitative estimate of drug-likeness (QED) is 0.944. The third kappa shape index (κ3) is 2.73. The number of carbonyl (C=O) groups excluding carboxylic acids is 1. The lowest BCUT2D eigenvalue weighted by Gasteiger charge is -2.32. The Hall–Kier alpha value is -1.88. The predicted molar refractivity (Wildman–Crippen MR) is 85.5 cm³/mol. The highest BCUT2D eigenvalue weighted by atomic mass is 16.5. The monoisotopic (exact) mass is 301 g/mol. The van der Waals surface area contributed by atoms with Gasteiger partial charge in [0.05, 0.1) is 17.8 Å². The van der Waals surface area contributed by atoms with Crippen LogP contribution in [0.5, 0.6) is 0 Å². The summed E-state index contributed by atoms with van der Waals surface area (Å²) in [5, 5.41) is 8.70. The largest absolute Gasteiger partial charge is 0.365 e. The molecule has 118 valence electrons. The molecule has 1 amide bonds. The summed E-state index contributed by atoms with van der Waals surface area (Å²) in [5.74, 6) is -0.0395. The highest BCUT2D eigenvalue weighted by Gasteiger charge is 2.35. The number of ether oxygens (including phenoxy) is 1. The van der Waals surface area contributed by atoms with Crippen molar-refractivity contribution in [2.24, 2.45) is 0 Å². The van der Waals surface area contributed by atoms with Gasteiger partial charge in [0.2, 0.25) is 0 Å². The lowest BCUT2D eigenvalue weighted by atomic mass is 9.95. The van der Waals surface area contributed by atoms with Gasteiger partial charge in [-0.05, 0) is 39.2 Å². The summed E-state index contributed by atoms with van der Waals surface area (Å²) in [4.78, 5) is 12.4. The van der Waals surface area contributed by atoms with Crippen LogP contribution in [0.1, 0.15) is 38.8 Å². The van der Waals surface area contributed by atoms with E-state index in [4.69, 9.17) is 4.74 Å². The second-order valence-corrected chi connectivity index (χ2v) is 6.00. The number of fused-ring (bicyclic) bond motifs is 1. The van der Waals surface area contributed by atoms with Gasteiger partial charge in [0.15, 0.2) is 0 Å². The Morgan fingerprint density at radius 1 is 1.41 bits per heavy atom. The lowest BCUT2D eigenvalue weighted by Crippen LogP contribution is -2.48. The molecule has 0 saturated carbocycles. The molecule has 2 heterocycles. The molecule has 3 rings (SSSR count). The average Bonchev–Trinajstić information content (AvgIpc) is 2.91. The van der Waals surface area contributed by atoms with E-state index in [0.717, 1.165) is 42.4 Å². The molecule has 1 aromatic carbocycles. The maximum Gasteiger partial charge on any atom is 0.252 e. The van der Waals surface area contributed by atoms with Crippen LogP contribution in [0.25, 0.3) is 10.9 Å². The first-order chi connectivity index (χ1) is 10.6. The van der Waals surface area contributed by atoms with E-state index in [1.54, 1.807) is 0 Å². The molecule has 1 saturated heterocycles. The van der Waals surface area contributed by atoms with Crippen molar-refractivity contribution in [2.75, 3.05) is 6.61 Å². The number of para-hydroxylation sites is 1. The Labute approximate surface area is 130 Å². The third-order valence-corrected chi connectivity index (χ3v) is 4.40. The predicted octanol–water partition coefficient (Wildman–Crippen LogP) is 2.63. The minimum Gasteiger partial charge on any atom is -0.365 e. The van der Waals surface area contributed by atoms with Gasteiger partial charge in [-0.1, -0.05) is 18.2 Å². The molecule has 5 heteroatoms. The van der Waals surface area contributed by atoms with E-state index in [1.807, 2.05) is 23.7 Å². The zero-order valence-corrected chi connectivity index (χ0v) is 13.3. The number of aromatic nitrogens is 2. The Bertz CT molecular complexity index is 672. The molecule has 1 aliphatic rings. The number of benzene rings is 1. The first-order valence-corrected chi connectivity index (χ1v) is 8.01.